The standard InChI is InChI=1S/C10H21NO2S/c1-9(2)7-14(12,13)8-10-5-3-4-6-11-10/h9-11H,3-8H2,1-2H3. The van der Waals surface area contributed by atoms with E-state index in [1.54, 1.807) is 0 Å². The Bertz CT molecular complexity index is 253. The van der Waals surface area contributed by atoms with Gasteiger partial charge >= 0.3 is 0 Å². The van der Waals surface area contributed by atoms with Crippen LogP contribution in [0, 0.1) is 5.92 Å². The van der Waals surface area contributed by atoms with Crippen LogP contribution in [0.3, 0.4) is 0 Å². The van der Waals surface area contributed by atoms with Crippen LogP contribution in [-0.2, 0) is 9.84 Å². The van der Waals surface area contributed by atoms with Crippen molar-refractivity contribution in [3.05, 3.63) is 0 Å². The van der Waals surface area contributed by atoms with Crippen molar-refractivity contribution in [2.24, 2.45) is 5.92 Å². The third-order valence-corrected chi connectivity index (χ3v) is 4.54. The largest absolute Gasteiger partial charge is 0.313 e. The van der Waals surface area contributed by atoms with Crippen molar-refractivity contribution in [1.82, 2.24) is 5.32 Å². The van der Waals surface area contributed by atoms with Gasteiger partial charge in [0.15, 0.2) is 9.84 Å². The van der Waals surface area contributed by atoms with Gasteiger partial charge in [-0.1, -0.05) is 20.3 Å². The highest BCUT2D eigenvalue weighted by Crippen LogP contribution is 2.11. The average Bonchev–Trinajstić information content (AvgIpc) is 2.02. The number of piperidine rings is 1. The molecule has 0 bridgehead atoms. The molecule has 4 heteroatoms. The summed E-state index contributed by atoms with van der Waals surface area (Å²) in [7, 11) is -2.84. The van der Waals surface area contributed by atoms with E-state index in [1.165, 1.54) is 6.42 Å². The summed E-state index contributed by atoms with van der Waals surface area (Å²) in [4.78, 5) is 0. The summed E-state index contributed by atoms with van der Waals surface area (Å²) in [6, 6.07) is 0.201. The molecule has 0 aromatic carbocycles. The maximum atomic E-state index is 11.7. The summed E-state index contributed by atoms with van der Waals surface area (Å²) in [5.74, 6) is 0.889. The van der Waals surface area contributed by atoms with Gasteiger partial charge in [0.1, 0.15) is 0 Å². The molecule has 1 N–H and O–H groups in total. The van der Waals surface area contributed by atoms with E-state index < -0.39 is 9.84 Å². The minimum atomic E-state index is -2.84. The molecule has 1 unspecified atom stereocenters. The topological polar surface area (TPSA) is 46.2 Å². The molecule has 0 radical (unpaired) electrons. The molecule has 0 aromatic rings. The van der Waals surface area contributed by atoms with E-state index in [0.717, 1.165) is 19.4 Å². The van der Waals surface area contributed by atoms with Gasteiger partial charge in [-0.15, -0.1) is 0 Å². The van der Waals surface area contributed by atoms with E-state index >= 15 is 0 Å². The van der Waals surface area contributed by atoms with Gasteiger partial charge in [-0.3, -0.25) is 0 Å². The van der Waals surface area contributed by atoms with E-state index in [2.05, 4.69) is 5.32 Å². The third-order valence-electron chi connectivity index (χ3n) is 2.45. The lowest BCUT2D eigenvalue weighted by Gasteiger charge is -2.23. The Labute approximate surface area is 87.2 Å². The van der Waals surface area contributed by atoms with Gasteiger partial charge in [-0.25, -0.2) is 8.42 Å². The van der Waals surface area contributed by atoms with Gasteiger partial charge in [0.2, 0.25) is 0 Å². The van der Waals surface area contributed by atoms with Crippen molar-refractivity contribution in [3.8, 4) is 0 Å². The maximum absolute atomic E-state index is 11.7. The normalized spacial score (nSPS) is 24.1. The van der Waals surface area contributed by atoms with Gasteiger partial charge in [0, 0.05) is 6.04 Å². The van der Waals surface area contributed by atoms with E-state index in [1.807, 2.05) is 13.8 Å². The van der Waals surface area contributed by atoms with Crippen molar-refractivity contribution >= 4 is 9.84 Å². The van der Waals surface area contributed by atoms with Gasteiger partial charge < -0.3 is 5.32 Å². The van der Waals surface area contributed by atoms with E-state index in [4.69, 9.17) is 0 Å². The second-order valence-electron chi connectivity index (χ2n) is 4.62. The summed E-state index contributed by atoms with van der Waals surface area (Å²) in [5.41, 5.74) is 0. The smallest absolute Gasteiger partial charge is 0.152 e. The molecule has 1 rings (SSSR count). The molecule has 1 heterocycles. The van der Waals surface area contributed by atoms with E-state index in [0.29, 0.717) is 11.5 Å². The molecule has 1 fully saturated rings. The van der Waals surface area contributed by atoms with Crippen LogP contribution in [0.2, 0.25) is 0 Å². The van der Waals surface area contributed by atoms with Gasteiger partial charge in [0.05, 0.1) is 11.5 Å². The number of rotatable bonds is 4. The average molecular weight is 219 g/mol. The fourth-order valence-electron chi connectivity index (χ4n) is 1.95. The van der Waals surface area contributed by atoms with Crippen LogP contribution >= 0.6 is 0 Å². The zero-order valence-corrected chi connectivity index (χ0v) is 9.94. The zero-order chi connectivity index (χ0) is 10.6. The first-order chi connectivity index (χ1) is 6.49. The van der Waals surface area contributed by atoms with Gasteiger partial charge in [-0.05, 0) is 25.3 Å². The Balaban J connectivity index is 2.41. The molecule has 84 valence electrons. The summed E-state index contributed by atoms with van der Waals surface area (Å²) in [5, 5.41) is 3.27. The molecule has 1 atom stereocenters. The third kappa shape index (κ3) is 4.42. The lowest BCUT2D eigenvalue weighted by Crippen LogP contribution is -2.40. The van der Waals surface area contributed by atoms with Crippen LogP contribution in [0.4, 0.5) is 0 Å². The van der Waals surface area contributed by atoms with Crippen LogP contribution in [0.5, 0.6) is 0 Å². The molecule has 0 amide bonds. The molecule has 1 aliphatic heterocycles. The predicted molar refractivity (Wildman–Crippen MR) is 59.1 cm³/mol. The first-order valence-corrected chi connectivity index (χ1v) is 7.25. The van der Waals surface area contributed by atoms with Crippen LogP contribution in [-0.4, -0.2) is 32.5 Å². The van der Waals surface area contributed by atoms with Gasteiger partial charge in [0.25, 0.3) is 0 Å². The minimum Gasteiger partial charge on any atom is -0.313 e. The predicted octanol–water partition coefficient (Wildman–Crippen LogP) is 1.20. The van der Waals surface area contributed by atoms with E-state index in [9.17, 15) is 8.42 Å². The van der Waals surface area contributed by atoms with Crippen molar-refractivity contribution in [1.29, 1.82) is 0 Å². The second-order valence-corrected chi connectivity index (χ2v) is 6.77. The Kier molecular flexibility index (Phi) is 4.38. The molecule has 3 nitrogen and oxygen atoms in total. The van der Waals surface area contributed by atoms with Crippen molar-refractivity contribution in [2.75, 3.05) is 18.1 Å². The van der Waals surface area contributed by atoms with Crippen molar-refractivity contribution in [2.45, 2.75) is 39.2 Å². The van der Waals surface area contributed by atoms with Gasteiger partial charge in [-0.2, -0.15) is 0 Å². The number of nitrogens with one attached hydrogen (secondary N) is 1. The molecule has 0 saturated carbocycles. The highest BCUT2D eigenvalue weighted by Gasteiger charge is 2.21. The fourth-order valence-corrected chi connectivity index (χ4v) is 4.00. The highest BCUT2D eigenvalue weighted by atomic mass is 32.2. The fraction of sp³-hybridized carbons (Fsp3) is 1.00. The summed E-state index contributed by atoms with van der Waals surface area (Å²) >= 11 is 0. The Morgan fingerprint density at radius 3 is 2.57 bits per heavy atom. The van der Waals surface area contributed by atoms with Crippen molar-refractivity contribution < 1.29 is 8.42 Å². The molecule has 0 spiro atoms. The molecular weight excluding hydrogens is 198 g/mol. The lowest BCUT2D eigenvalue weighted by atomic mass is 10.1. The first kappa shape index (κ1) is 12.0. The summed E-state index contributed by atoms with van der Waals surface area (Å²) < 4.78 is 23.3. The quantitative estimate of drug-likeness (QED) is 0.773. The maximum Gasteiger partial charge on any atom is 0.152 e. The summed E-state index contributed by atoms with van der Waals surface area (Å²) in [6.07, 6.45) is 3.35. The van der Waals surface area contributed by atoms with Crippen LogP contribution < -0.4 is 5.32 Å². The van der Waals surface area contributed by atoms with Crippen LogP contribution in [0.25, 0.3) is 0 Å². The Morgan fingerprint density at radius 1 is 1.36 bits per heavy atom. The minimum absolute atomic E-state index is 0.201. The molecule has 1 aliphatic rings. The summed E-state index contributed by atoms with van der Waals surface area (Å²) in [6.45, 7) is 4.87. The number of sulfone groups is 1. The zero-order valence-electron chi connectivity index (χ0n) is 9.12. The molecule has 0 aromatic heterocycles. The monoisotopic (exact) mass is 219 g/mol. The van der Waals surface area contributed by atoms with Crippen molar-refractivity contribution in [3.63, 3.8) is 0 Å². The second kappa shape index (κ2) is 5.12. The molecule has 1 saturated heterocycles. The first-order valence-electron chi connectivity index (χ1n) is 5.43. The molecule has 14 heavy (non-hydrogen) atoms. The number of hydrogen-bond donors (Lipinski definition) is 1. The van der Waals surface area contributed by atoms with Crippen LogP contribution in [0.1, 0.15) is 33.1 Å². The SMILES string of the molecule is CC(C)CS(=O)(=O)CC1CCCCN1. The Hall–Kier alpha value is -0.0900. The molecular formula is C10H21NO2S. The Morgan fingerprint density at radius 2 is 2.07 bits per heavy atom. The molecule has 0 aliphatic carbocycles. The highest BCUT2D eigenvalue weighted by molar-refractivity contribution is 7.91. The lowest BCUT2D eigenvalue weighted by molar-refractivity contribution is 0.423. The van der Waals surface area contributed by atoms with E-state index in [-0.39, 0.29) is 12.0 Å². The number of hydrogen-bond acceptors (Lipinski definition) is 3. The van der Waals surface area contributed by atoms with Crippen LogP contribution in [0.15, 0.2) is 0 Å².